The molecule has 0 aromatic carbocycles. The number of hydrogen-bond donors (Lipinski definition) is 0. The lowest BCUT2D eigenvalue weighted by molar-refractivity contribution is -0.0722. The molecular formula is C17H31N. The lowest BCUT2D eigenvalue weighted by Crippen LogP contribution is -2.57. The first kappa shape index (κ1) is 13.0. The zero-order valence-corrected chi connectivity index (χ0v) is 12.7. The van der Waals surface area contributed by atoms with Gasteiger partial charge in [0.25, 0.3) is 0 Å². The fourth-order valence-corrected chi connectivity index (χ4v) is 5.78. The van der Waals surface area contributed by atoms with Gasteiger partial charge in [-0.05, 0) is 81.2 Å². The predicted molar refractivity (Wildman–Crippen MR) is 77.5 cm³/mol. The fourth-order valence-electron chi connectivity index (χ4n) is 5.78. The molecule has 0 spiro atoms. The van der Waals surface area contributed by atoms with Gasteiger partial charge in [0.15, 0.2) is 0 Å². The van der Waals surface area contributed by atoms with Crippen LogP contribution in [0.4, 0.5) is 0 Å². The molecule has 3 rings (SSSR count). The molecule has 0 amide bonds. The van der Waals surface area contributed by atoms with Gasteiger partial charge in [-0.3, -0.25) is 0 Å². The van der Waals surface area contributed by atoms with E-state index < -0.39 is 0 Å². The van der Waals surface area contributed by atoms with Crippen molar-refractivity contribution in [2.45, 2.75) is 58.9 Å². The molecule has 7 unspecified atom stereocenters. The average molecular weight is 249 g/mol. The van der Waals surface area contributed by atoms with Crippen molar-refractivity contribution in [1.29, 1.82) is 0 Å². The van der Waals surface area contributed by atoms with E-state index in [1.54, 1.807) is 0 Å². The summed E-state index contributed by atoms with van der Waals surface area (Å²) >= 11 is 0. The van der Waals surface area contributed by atoms with Crippen molar-refractivity contribution < 1.29 is 0 Å². The third kappa shape index (κ3) is 1.94. The van der Waals surface area contributed by atoms with E-state index in [0.29, 0.717) is 0 Å². The summed E-state index contributed by atoms with van der Waals surface area (Å²) in [6.07, 6.45) is 7.46. The molecule has 0 bridgehead atoms. The summed E-state index contributed by atoms with van der Waals surface area (Å²) in [6.45, 7) is 8.94. The van der Waals surface area contributed by atoms with Gasteiger partial charge >= 0.3 is 0 Å². The van der Waals surface area contributed by atoms with Gasteiger partial charge in [-0.2, -0.15) is 0 Å². The summed E-state index contributed by atoms with van der Waals surface area (Å²) in [6, 6.07) is 0.915. The van der Waals surface area contributed by atoms with Gasteiger partial charge in [0.1, 0.15) is 0 Å². The molecule has 1 heteroatoms. The summed E-state index contributed by atoms with van der Waals surface area (Å²) in [5, 5.41) is 0. The largest absolute Gasteiger partial charge is 0.303 e. The van der Waals surface area contributed by atoms with E-state index in [2.05, 4.69) is 32.7 Å². The average Bonchev–Trinajstić information content (AvgIpc) is 2.35. The van der Waals surface area contributed by atoms with Crippen LogP contribution in [0.25, 0.3) is 0 Å². The van der Waals surface area contributed by atoms with Crippen molar-refractivity contribution >= 4 is 0 Å². The maximum Gasteiger partial charge on any atom is 0.0154 e. The zero-order chi connectivity index (χ0) is 12.9. The Balaban J connectivity index is 1.88. The molecule has 3 aliphatic rings. The minimum absolute atomic E-state index is 0.915. The topological polar surface area (TPSA) is 3.24 Å². The minimum Gasteiger partial charge on any atom is -0.303 e. The van der Waals surface area contributed by atoms with Crippen LogP contribution in [0.2, 0.25) is 0 Å². The molecule has 18 heavy (non-hydrogen) atoms. The molecule has 1 heterocycles. The molecule has 0 aromatic heterocycles. The molecule has 0 aromatic rings. The molecule has 2 saturated carbocycles. The van der Waals surface area contributed by atoms with Gasteiger partial charge in [0.05, 0.1) is 0 Å². The van der Waals surface area contributed by atoms with Crippen molar-refractivity contribution in [1.82, 2.24) is 4.90 Å². The number of rotatable bonds is 0. The SMILES string of the molecule is CC1CC(C)C2CCC3CCCN(C)C3C2C1C. The first-order valence-corrected chi connectivity index (χ1v) is 8.29. The number of likely N-dealkylation sites (tertiary alicyclic amines) is 1. The molecule has 1 saturated heterocycles. The Hall–Kier alpha value is -0.0400. The van der Waals surface area contributed by atoms with Crippen LogP contribution in [0.3, 0.4) is 0 Å². The van der Waals surface area contributed by atoms with E-state index in [-0.39, 0.29) is 0 Å². The van der Waals surface area contributed by atoms with Gasteiger partial charge in [0, 0.05) is 6.04 Å². The van der Waals surface area contributed by atoms with E-state index >= 15 is 0 Å². The smallest absolute Gasteiger partial charge is 0.0154 e. The third-order valence-corrected chi connectivity index (χ3v) is 6.82. The Kier molecular flexibility index (Phi) is 3.47. The van der Waals surface area contributed by atoms with Crippen LogP contribution in [0, 0.1) is 35.5 Å². The van der Waals surface area contributed by atoms with Crippen LogP contribution >= 0.6 is 0 Å². The van der Waals surface area contributed by atoms with Gasteiger partial charge in [0.2, 0.25) is 0 Å². The second-order valence-corrected chi connectivity index (χ2v) is 7.74. The van der Waals surface area contributed by atoms with E-state index in [9.17, 15) is 0 Å². The summed E-state index contributed by atoms with van der Waals surface area (Å²) in [5.74, 6) is 5.89. The zero-order valence-electron chi connectivity index (χ0n) is 12.7. The van der Waals surface area contributed by atoms with E-state index in [1.165, 1.54) is 38.6 Å². The Bertz CT molecular complexity index is 300. The molecule has 0 N–H and O–H groups in total. The molecular weight excluding hydrogens is 218 g/mol. The highest BCUT2D eigenvalue weighted by Crippen LogP contribution is 2.53. The first-order valence-electron chi connectivity index (χ1n) is 8.29. The Morgan fingerprint density at radius 1 is 0.944 bits per heavy atom. The van der Waals surface area contributed by atoms with Crippen LogP contribution in [-0.4, -0.2) is 24.5 Å². The highest BCUT2D eigenvalue weighted by molar-refractivity contribution is 5.01. The van der Waals surface area contributed by atoms with Crippen LogP contribution in [0.5, 0.6) is 0 Å². The molecule has 1 nitrogen and oxygen atoms in total. The molecule has 0 radical (unpaired) electrons. The standard InChI is InChI=1S/C17H31N/c1-11-10-12(2)15-8-7-14-6-5-9-18(4)17(14)16(15)13(11)3/h11-17H,5-10H2,1-4H3. The molecule has 1 aliphatic heterocycles. The molecule has 2 aliphatic carbocycles. The van der Waals surface area contributed by atoms with Crippen LogP contribution in [0.15, 0.2) is 0 Å². The van der Waals surface area contributed by atoms with Crippen molar-refractivity contribution in [2.75, 3.05) is 13.6 Å². The highest BCUT2D eigenvalue weighted by Gasteiger charge is 2.49. The summed E-state index contributed by atoms with van der Waals surface area (Å²) in [5.41, 5.74) is 0. The summed E-state index contributed by atoms with van der Waals surface area (Å²) in [7, 11) is 2.40. The van der Waals surface area contributed by atoms with Crippen molar-refractivity contribution in [2.24, 2.45) is 35.5 Å². The van der Waals surface area contributed by atoms with Crippen LogP contribution < -0.4 is 0 Å². The van der Waals surface area contributed by atoms with Crippen LogP contribution in [-0.2, 0) is 0 Å². The van der Waals surface area contributed by atoms with Crippen molar-refractivity contribution in [3.8, 4) is 0 Å². The van der Waals surface area contributed by atoms with Crippen molar-refractivity contribution in [3.63, 3.8) is 0 Å². The second-order valence-electron chi connectivity index (χ2n) is 7.74. The van der Waals surface area contributed by atoms with Gasteiger partial charge in [-0.15, -0.1) is 0 Å². The Morgan fingerprint density at radius 3 is 2.50 bits per heavy atom. The van der Waals surface area contributed by atoms with E-state index in [0.717, 1.165) is 41.5 Å². The maximum atomic E-state index is 2.73. The third-order valence-electron chi connectivity index (χ3n) is 6.82. The quantitative estimate of drug-likeness (QED) is 0.626. The second kappa shape index (κ2) is 4.81. The molecule has 7 atom stereocenters. The fraction of sp³-hybridized carbons (Fsp3) is 1.00. The van der Waals surface area contributed by atoms with E-state index in [4.69, 9.17) is 0 Å². The Labute approximate surface area is 113 Å². The van der Waals surface area contributed by atoms with Crippen molar-refractivity contribution in [3.05, 3.63) is 0 Å². The van der Waals surface area contributed by atoms with Crippen LogP contribution in [0.1, 0.15) is 52.9 Å². The minimum atomic E-state index is 0.915. The number of nitrogens with zero attached hydrogens (tertiary/aromatic N) is 1. The normalized spacial score (nSPS) is 53.7. The lowest BCUT2D eigenvalue weighted by Gasteiger charge is -2.57. The van der Waals surface area contributed by atoms with E-state index in [1.807, 2.05) is 0 Å². The monoisotopic (exact) mass is 249 g/mol. The number of piperidine rings is 1. The number of fused-ring (bicyclic) bond motifs is 3. The van der Waals surface area contributed by atoms with Gasteiger partial charge in [-0.25, -0.2) is 0 Å². The highest BCUT2D eigenvalue weighted by atomic mass is 15.1. The maximum absolute atomic E-state index is 2.73. The van der Waals surface area contributed by atoms with Gasteiger partial charge < -0.3 is 4.90 Å². The summed E-state index contributed by atoms with van der Waals surface area (Å²) < 4.78 is 0. The molecule has 104 valence electrons. The molecule has 3 fully saturated rings. The lowest BCUT2D eigenvalue weighted by atomic mass is 9.54. The first-order chi connectivity index (χ1) is 8.59. The van der Waals surface area contributed by atoms with Gasteiger partial charge in [-0.1, -0.05) is 20.8 Å². The Morgan fingerprint density at radius 2 is 1.72 bits per heavy atom. The number of hydrogen-bond acceptors (Lipinski definition) is 1. The predicted octanol–water partition coefficient (Wildman–Crippen LogP) is 4.04. The summed E-state index contributed by atoms with van der Waals surface area (Å²) in [4.78, 5) is 2.73.